The molecule has 0 saturated heterocycles. The highest BCUT2D eigenvalue weighted by molar-refractivity contribution is 5.31. The summed E-state index contributed by atoms with van der Waals surface area (Å²) >= 11 is 0. The zero-order valence-electron chi connectivity index (χ0n) is 11.1. The summed E-state index contributed by atoms with van der Waals surface area (Å²) in [7, 11) is 1.60. The number of hydrogen-bond acceptors (Lipinski definition) is 3. The molecule has 2 rings (SSSR count). The van der Waals surface area contributed by atoms with Crippen molar-refractivity contribution in [3.05, 3.63) is 65.5 Å². The molecule has 0 saturated carbocycles. The third-order valence-corrected chi connectivity index (χ3v) is 3.00. The Hall–Kier alpha value is -2.38. The molecule has 4 heteroatoms. The lowest BCUT2D eigenvalue weighted by molar-refractivity contribution is 0.414. The Morgan fingerprint density at radius 2 is 1.80 bits per heavy atom. The van der Waals surface area contributed by atoms with Crippen molar-refractivity contribution in [2.45, 2.75) is 12.6 Å². The van der Waals surface area contributed by atoms with Gasteiger partial charge in [0, 0.05) is 6.54 Å². The van der Waals surface area contributed by atoms with Crippen LogP contribution in [0.5, 0.6) is 5.75 Å². The molecule has 2 aromatic rings. The van der Waals surface area contributed by atoms with Gasteiger partial charge in [0.1, 0.15) is 17.6 Å². The summed E-state index contributed by atoms with van der Waals surface area (Å²) in [5.41, 5.74) is 1.80. The van der Waals surface area contributed by atoms with Crippen LogP contribution in [0, 0.1) is 17.1 Å². The monoisotopic (exact) mass is 270 g/mol. The van der Waals surface area contributed by atoms with Crippen LogP contribution in [0.3, 0.4) is 0 Å². The van der Waals surface area contributed by atoms with Gasteiger partial charge in [0.25, 0.3) is 0 Å². The molecule has 0 spiro atoms. The SMILES string of the molecule is COc1ccc(C(C#N)NCc2ccc(F)cc2)cc1. The first-order valence-electron chi connectivity index (χ1n) is 6.24. The van der Waals surface area contributed by atoms with Crippen LogP contribution in [-0.2, 0) is 6.54 Å². The fraction of sp³-hybridized carbons (Fsp3) is 0.188. The smallest absolute Gasteiger partial charge is 0.123 e. The van der Waals surface area contributed by atoms with Crippen LogP contribution in [0.2, 0.25) is 0 Å². The summed E-state index contributed by atoms with van der Waals surface area (Å²) in [5, 5.41) is 12.4. The van der Waals surface area contributed by atoms with Gasteiger partial charge in [0.2, 0.25) is 0 Å². The van der Waals surface area contributed by atoms with Crippen LogP contribution in [-0.4, -0.2) is 7.11 Å². The molecule has 1 atom stereocenters. The van der Waals surface area contributed by atoms with Crippen LogP contribution < -0.4 is 10.1 Å². The number of nitriles is 1. The van der Waals surface area contributed by atoms with Crippen LogP contribution in [0.15, 0.2) is 48.5 Å². The summed E-state index contributed by atoms with van der Waals surface area (Å²) in [6.07, 6.45) is 0. The van der Waals surface area contributed by atoms with Crippen molar-refractivity contribution in [2.24, 2.45) is 0 Å². The molecular formula is C16H15FN2O. The molecule has 0 radical (unpaired) electrons. The number of nitrogens with one attached hydrogen (secondary N) is 1. The third kappa shape index (κ3) is 3.56. The van der Waals surface area contributed by atoms with Gasteiger partial charge in [-0.05, 0) is 35.4 Å². The van der Waals surface area contributed by atoms with E-state index < -0.39 is 6.04 Å². The summed E-state index contributed by atoms with van der Waals surface area (Å²) in [6, 6.07) is 15.4. The van der Waals surface area contributed by atoms with Gasteiger partial charge in [-0.1, -0.05) is 24.3 Å². The van der Waals surface area contributed by atoms with E-state index in [1.165, 1.54) is 12.1 Å². The Morgan fingerprint density at radius 3 is 2.35 bits per heavy atom. The zero-order valence-corrected chi connectivity index (χ0v) is 11.1. The molecule has 0 amide bonds. The number of benzene rings is 2. The molecule has 3 nitrogen and oxygen atoms in total. The number of halogens is 1. The van der Waals surface area contributed by atoms with Crippen molar-refractivity contribution in [3.63, 3.8) is 0 Å². The van der Waals surface area contributed by atoms with Crippen LogP contribution in [0.25, 0.3) is 0 Å². The molecule has 0 aliphatic rings. The normalized spacial score (nSPS) is 11.7. The molecule has 102 valence electrons. The summed E-state index contributed by atoms with van der Waals surface area (Å²) in [6.45, 7) is 0.504. The van der Waals surface area contributed by atoms with Gasteiger partial charge in [-0.25, -0.2) is 4.39 Å². The first-order chi connectivity index (χ1) is 9.72. The number of rotatable bonds is 5. The highest BCUT2D eigenvalue weighted by atomic mass is 19.1. The van der Waals surface area contributed by atoms with E-state index in [9.17, 15) is 9.65 Å². The predicted octanol–water partition coefficient (Wildman–Crippen LogP) is 3.19. The summed E-state index contributed by atoms with van der Waals surface area (Å²) in [4.78, 5) is 0. The van der Waals surface area contributed by atoms with Crippen molar-refractivity contribution in [1.29, 1.82) is 5.26 Å². The minimum Gasteiger partial charge on any atom is -0.497 e. The number of ether oxygens (including phenoxy) is 1. The van der Waals surface area contributed by atoms with Gasteiger partial charge in [-0.15, -0.1) is 0 Å². The largest absolute Gasteiger partial charge is 0.497 e. The van der Waals surface area contributed by atoms with E-state index in [2.05, 4.69) is 11.4 Å². The molecule has 0 aromatic heterocycles. The standard InChI is InChI=1S/C16H15FN2O/c1-20-15-8-4-13(5-9-15)16(10-18)19-11-12-2-6-14(17)7-3-12/h2-9,16,19H,11H2,1H3. The maximum Gasteiger partial charge on any atom is 0.123 e. The van der Waals surface area contributed by atoms with E-state index in [-0.39, 0.29) is 5.82 Å². The Kier molecular flexibility index (Phi) is 4.70. The quantitative estimate of drug-likeness (QED) is 0.907. The molecular weight excluding hydrogens is 255 g/mol. The van der Waals surface area contributed by atoms with E-state index in [0.717, 1.165) is 16.9 Å². The second kappa shape index (κ2) is 6.69. The van der Waals surface area contributed by atoms with Gasteiger partial charge in [-0.3, -0.25) is 5.32 Å². The highest BCUT2D eigenvalue weighted by Crippen LogP contribution is 2.17. The maximum atomic E-state index is 12.8. The van der Waals surface area contributed by atoms with Crippen molar-refractivity contribution in [3.8, 4) is 11.8 Å². The Bertz CT molecular complexity index is 587. The Labute approximate surface area is 117 Å². The molecule has 1 N–H and O–H groups in total. The van der Waals surface area contributed by atoms with Crippen LogP contribution in [0.1, 0.15) is 17.2 Å². The molecule has 20 heavy (non-hydrogen) atoms. The van der Waals surface area contributed by atoms with E-state index >= 15 is 0 Å². The molecule has 0 heterocycles. The lowest BCUT2D eigenvalue weighted by Gasteiger charge is -2.12. The molecule has 0 aliphatic heterocycles. The van der Waals surface area contributed by atoms with Gasteiger partial charge >= 0.3 is 0 Å². The van der Waals surface area contributed by atoms with Crippen molar-refractivity contribution in [2.75, 3.05) is 7.11 Å². The lowest BCUT2D eigenvalue weighted by Crippen LogP contribution is -2.19. The molecule has 0 bridgehead atoms. The minimum atomic E-state index is -0.411. The van der Waals surface area contributed by atoms with Crippen molar-refractivity contribution in [1.82, 2.24) is 5.32 Å². The highest BCUT2D eigenvalue weighted by Gasteiger charge is 2.09. The van der Waals surface area contributed by atoms with Gasteiger partial charge in [0.05, 0.1) is 13.2 Å². The number of nitrogens with zero attached hydrogens (tertiary/aromatic N) is 1. The third-order valence-electron chi connectivity index (χ3n) is 3.00. The molecule has 2 aromatic carbocycles. The Balaban J connectivity index is 2.01. The van der Waals surface area contributed by atoms with Gasteiger partial charge < -0.3 is 4.74 Å². The number of methoxy groups -OCH3 is 1. The molecule has 1 unspecified atom stereocenters. The van der Waals surface area contributed by atoms with E-state index in [1.807, 2.05) is 24.3 Å². The second-order valence-electron chi connectivity index (χ2n) is 4.34. The maximum absolute atomic E-state index is 12.8. The van der Waals surface area contributed by atoms with E-state index in [4.69, 9.17) is 4.74 Å². The summed E-state index contributed by atoms with van der Waals surface area (Å²) in [5.74, 6) is 0.490. The van der Waals surface area contributed by atoms with Gasteiger partial charge in [0.15, 0.2) is 0 Å². The zero-order chi connectivity index (χ0) is 14.4. The fourth-order valence-corrected chi connectivity index (χ4v) is 1.86. The van der Waals surface area contributed by atoms with E-state index in [1.54, 1.807) is 19.2 Å². The predicted molar refractivity (Wildman–Crippen MR) is 74.6 cm³/mol. The average molecular weight is 270 g/mol. The van der Waals surface area contributed by atoms with E-state index in [0.29, 0.717) is 6.54 Å². The molecule has 0 aliphatic carbocycles. The van der Waals surface area contributed by atoms with Crippen molar-refractivity contribution >= 4 is 0 Å². The lowest BCUT2D eigenvalue weighted by atomic mass is 10.1. The second-order valence-corrected chi connectivity index (χ2v) is 4.34. The first kappa shape index (κ1) is 14.0. The van der Waals surface area contributed by atoms with Crippen LogP contribution in [0.4, 0.5) is 4.39 Å². The summed E-state index contributed by atoms with van der Waals surface area (Å²) < 4.78 is 17.9. The minimum absolute atomic E-state index is 0.263. The Morgan fingerprint density at radius 1 is 1.15 bits per heavy atom. The van der Waals surface area contributed by atoms with Gasteiger partial charge in [-0.2, -0.15) is 5.26 Å². The topological polar surface area (TPSA) is 45.0 Å². The van der Waals surface area contributed by atoms with Crippen molar-refractivity contribution < 1.29 is 9.13 Å². The molecule has 0 fully saturated rings. The first-order valence-corrected chi connectivity index (χ1v) is 6.24. The fourth-order valence-electron chi connectivity index (χ4n) is 1.86. The number of hydrogen-bond donors (Lipinski definition) is 1. The van der Waals surface area contributed by atoms with Crippen LogP contribution >= 0.6 is 0 Å². The average Bonchev–Trinajstić information content (AvgIpc) is 2.50.